The van der Waals surface area contributed by atoms with Crippen molar-refractivity contribution in [2.45, 2.75) is 26.3 Å². The van der Waals surface area contributed by atoms with Gasteiger partial charge in [-0.05, 0) is 54.4 Å². The van der Waals surface area contributed by atoms with Crippen LogP contribution < -0.4 is 14.9 Å². The standard InChI is InChI=1S/C26H24N4O2S/c1-2-18-6-9-21(10-7-18)28-26-30(14-12-20-5-3-4-13-27-20)23(17-33-26)19-8-11-24-22(15-19)29-25(31)16-32-24/h3-11,13,15,17H,2,12,14,16H2,1H3,(H,29,31). The van der Waals surface area contributed by atoms with Crippen molar-refractivity contribution in [1.82, 2.24) is 9.55 Å². The van der Waals surface area contributed by atoms with Crippen LogP contribution in [0.2, 0.25) is 0 Å². The van der Waals surface area contributed by atoms with Crippen LogP contribution >= 0.6 is 11.3 Å². The molecular weight excluding hydrogens is 432 g/mol. The van der Waals surface area contributed by atoms with Crippen LogP contribution in [0.25, 0.3) is 11.3 Å². The Morgan fingerprint density at radius 1 is 1.15 bits per heavy atom. The molecule has 0 saturated carbocycles. The number of rotatable bonds is 6. The SMILES string of the molecule is CCc1ccc(N=c2scc(-c3ccc4c(c3)NC(=O)CO4)n2CCc2ccccn2)cc1. The number of thiazole rings is 1. The molecule has 0 spiro atoms. The summed E-state index contributed by atoms with van der Waals surface area (Å²) in [6.07, 6.45) is 3.62. The molecular formula is C26H24N4O2S. The number of carbonyl (C=O) groups excluding carboxylic acids is 1. The number of aromatic nitrogens is 2. The molecule has 0 bridgehead atoms. The van der Waals surface area contributed by atoms with Crippen molar-refractivity contribution < 1.29 is 9.53 Å². The Bertz CT molecular complexity index is 1340. The Morgan fingerprint density at radius 3 is 2.82 bits per heavy atom. The Morgan fingerprint density at radius 2 is 2.03 bits per heavy atom. The number of hydrogen-bond acceptors (Lipinski definition) is 5. The summed E-state index contributed by atoms with van der Waals surface area (Å²) in [6, 6.07) is 20.2. The van der Waals surface area contributed by atoms with Gasteiger partial charge < -0.3 is 14.6 Å². The second kappa shape index (κ2) is 9.42. The molecule has 1 aliphatic heterocycles. The van der Waals surface area contributed by atoms with Crippen LogP contribution in [0, 0.1) is 0 Å². The molecule has 5 rings (SSSR count). The van der Waals surface area contributed by atoms with Crippen LogP contribution in [0.15, 0.2) is 77.2 Å². The Kier molecular flexibility index (Phi) is 6.04. The highest BCUT2D eigenvalue weighted by Gasteiger charge is 2.18. The average molecular weight is 457 g/mol. The molecule has 2 aromatic carbocycles. The molecule has 0 atom stereocenters. The third-order valence-corrected chi connectivity index (χ3v) is 6.46. The number of fused-ring (bicyclic) bond motifs is 1. The highest BCUT2D eigenvalue weighted by atomic mass is 32.1. The summed E-state index contributed by atoms with van der Waals surface area (Å²) in [5.41, 5.74) is 5.99. The first-order valence-corrected chi connectivity index (χ1v) is 11.9. The fourth-order valence-electron chi connectivity index (χ4n) is 3.80. The third-order valence-electron chi connectivity index (χ3n) is 5.59. The van der Waals surface area contributed by atoms with Gasteiger partial charge in [-0.25, -0.2) is 4.99 Å². The number of nitrogens with one attached hydrogen (secondary N) is 1. The Hall–Kier alpha value is -3.71. The van der Waals surface area contributed by atoms with Gasteiger partial charge in [-0.15, -0.1) is 11.3 Å². The Balaban J connectivity index is 1.55. The fourth-order valence-corrected chi connectivity index (χ4v) is 4.75. The normalized spacial score (nSPS) is 13.4. The van der Waals surface area contributed by atoms with Gasteiger partial charge in [0.25, 0.3) is 5.91 Å². The fraction of sp³-hybridized carbons (Fsp3) is 0.192. The maximum absolute atomic E-state index is 11.8. The average Bonchev–Trinajstić information content (AvgIpc) is 3.25. The van der Waals surface area contributed by atoms with Gasteiger partial charge in [-0.2, -0.15) is 0 Å². The van der Waals surface area contributed by atoms with E-state index in [1.165, 1.54) is 5.56 Å². The molecule has 1 N–H and O–H groups in total. The molecule has 0 unspecified atom stereocenters. The molecule has 0 aliphatic carbocycles. The molecule has 6 nitrogen and oxygen atoms in total. The first kappa shape index (κ1) is 21.2. The van der Waals surface area contributed by atoms with Gasteiger partial charge in [0.15, 0.2) is 11.4 Å². The highest BCUT2D eigenvalue weighted by Crippen LogP contribution is 2.33. The van der Waals surface area contributed by atoms with E-state index in [-0.39, 0.29) is 12.5 Å². The summed E-state index contributed by atoms with van der Waals surface area (Å²) in [4.78, 5) is 22.1. The lowest BCUT2D eigenvalue weighted by molar-refractivity contribution is -0.118. The summed E-state index contributed by atoms with van der Waals surface area (Å²) < 4.78 is 7.74. The topological polar surface area (TPSA) is 68.5 Å². The number of carbonyl (C=O) groups is 1. The lowest BCUT2D eigenvalue weighted by atomic mass is 10.1. The van der Waals surface area contributed by atoms with Gasteiger partial charge in [-0.1, -0.05) is 25.1 Å². The van der Waals surface area contributed by atoms with Gasteiger partial charge >= 0.3 is 0 Å². The summed E-state index contributed by atoms with van der Waals surface area (Å²) in [5, 5.41) is 5.02. The van der Waals surface area contributed by atoms with Crippen molar-refractivity contribution in [3.8, 4) is 17.0 Å². The monoisotopic (exact) mass is 456 g/mol. The van der Waals surface area contributed by atoms with E-state index in [1.807, 2.05) is 42.6 Å². The summed E-state index contributed by atoms with van der Waals surface area (Å²) in [6.45, 7) is 2.94. The van der Waals surface area contributed by atoms with E-state index in [0.717, 1.165) is 46.8 Å². The van der Waals surface area contributed by atoms with E-state index in [4.69, 9.17) is 9.73 Å². The first-order chi connectivity index (χ1) is 16.2. The summed E-state index contributed by atoms with van der Waals surface area (Å²) in [5.74, 6) is 0.550. The van der Waals surface area contributed by atoms with Gasteiger partial charge in [0, 0.05) is 35.8 Å². The molecule has 33 heavy (non-hydrogen) atoms. The van der Waals surface area contributed by atoms with Crippen LogP contribution in [0.3, 0.4) is 0 Å². The van der Waals surface area contributed by atoms with E-state index in [2.05, 4.69) is 51.4 Å². The molecule has 1 amide bonds. The van der Waals surface area contributed by atoms with E-state index >= 15 is 0 Å². The van der Waals surface area contributed by atoms with Gasteiger partial charge in [0.05, 0.1) is 17.1 Å². The number of amides is 1. The lowest BCUT2D eigenvalue weighted by Gasteiger charge is -2.19. The molecule has 0 saturated heterocycles. The van der Waals surface area contributed by atoms with Crippen molar-refractivity contribution in [2.24, 2.45) is 4.99 Å². The van der Waals surface area contributed by atoms with Crippen molar-refractivity contribution in [3.05, 3.63) is 88.3 Å². The quantitative estimate of drug-likeness (QED) is 0.445. The zero-order valence-electron chi connectivity index (χ0n) is 18.3. The lowest BCUT2D eigenvalue weighted by Crippen LogP contribution is -2.25. The van der Waals surface area contributed by atoms with Crippen molar-refractivity contribution in [3.63, 3.8) is 0 Å². The molecule has 0 radical (unpaired) electrons. The number of hydrogen-bond donors (Lipinski definition) is 1. The molecule has 0 fully saturated rings. The van der Waals surface area contributed by atoms with Crippen LogP contribution in [-0.2, 0) is 24.2 Å². The number of benzene rings is 2. The van der Waals surface area contributed by atoms with Crippen LogP contribution in [0.1, 0.15) is 18.2 Å². The van der Waals surface area contributed by atoms with Crippen LogP contribution in [0.4, 0.5) is 11.4 Å². The van der Waals surface area contributed by atoms with E-state index < -0.39 is 0 Å². The predicted molar refractivity (Wildman–Crippen MR) is 131 cm³/mol. The molecule has 4 aromatic rings. The second-order valence-electron chi connectivity index (χ2n) is 7.81. The van der Waals surface area contributed by atoms with Gasteiger partial charge in [0.2, 0.25) is 0 Å². The maximum Gasteiger partial charge on any atom is 0.262 e. The minimum Gasteiger partial charge on any atom is -0.482 e. The van der Waals surface area contributed by atoms with Crippen molar-refractivity contribution >= 4 is 28.6 Å². The minimum atomic E-state index is -0.140. The molecule has 1 aliphatic rings. The van der Waals surface area contributed by atoms with E-state index in [0.29, 0.717) is 11.4 Å². The number of aryl methyl sites for hydroxylation is 2. The van der Waals surface area contributed by atoms with Gasteiger partial charge in [-0.3, -0.25) is 9.78 Å². The summed E-state index contributed by atoms with van der Waals surface area (Å²) in [7, 11) is 0. The third kappa shape index (κ3) is 4.73. The van der Waals surface area contributed by atoms with Gasteiger partial charge in [0.1, 0.15) is 5.75 Å². The van der Waals surface area contributed by atoms with Crippen LogP contribution in [-0.4, -0.2) is 22.1 Å². The highest BCUT2D eigenvalue weighted by molar-refractivity contribution is 7.07. The molecule has 166 valence electrons. The first-order valence-electron chi connectivity index (χ1n) is 11.0. The number of anilines is 1. The Labute approximate surface area is 196 Å². The predicted octanol–water partition coefficient (Wildman–Crippen LogP) is 4.98. The number of ether oxygens (including phenoxy) is 1. The zero-order valence-corrected chi connectivity index (χ0v) is 19.1. The second-order valence-corrected chi connectivity index (χ2v) is 8.64. The molecule has 2 aromatic heterocycles. The summed E-state index contributed by atoms with van der Waals surface area (Å²) >= 11 is 1.61. The molecule has 7 heteroatoms. The maximum atomic E-state index is 11.8. The number of nitrogens with zero attached hydrogens (tertiary/aromatic N) is 3. The largest absolute Gasteiger partial charge is 0.482 e. The zero-order chi connectivity index (χ0) is 22.6. The van der Waals surface area contributed by atoms with E-state index in [1.54, 1.807) is 11.3 Å². The van der Waals surface area contributed by atoms with E-state index in [9.17, 15) is 4.79 Å². The molecule has 3 heterocycles. The van der Waals surface area contributed by atoms with Crippen LogP contribution in [0.5, 0.6) is 5.75 Å². The van der Waals surface area contributed by atoms with Crippen molar-refractivity contribution in [2.75, 3.05) is 11.9 Å². The smallest absolute Gasteiger partial charge is 0.262 e. The number of pyridine rings is 1. The minimum absolute atomic E-state index is 0.0503. The van der Waals surface area contributed by atoms with Crippen molar-refractivity contribution in [1.29, 1.82) is 0 Å².